The Kier molecular flexibility index (Phi) is 4.93. The van der Waals surface area contributed by atoms with E-state index in [0.717, 1.165) is 40.3 Å². The Hall–Kier alpha value is -0.940. The lowest BCUT2D eigenvalue weighted by Gasteiger charge is -2.13. The zero-order chi connectivity index (χ0) is 13.8. The van der Waals surface area contributed by atoms with Crippen LogP contribution < -0.4 is 4.74 Å². The smallest absolute Gasteiger partial charge is 0.178 e. The molecular weight excluding hydrogens is 276 g/mol. The topological polar surface area (TPSA) is 29.9 Å². The van der Waals surface area contributed by atoms with E-state index in [1.807, 2.05) is 23.9 Å². The summed E-state index contributed by atoms with van der Waals surface area (Å²) in [7, 11) is 0. The molecule has 5 heteroatoms. The number of nitrogens with one attached hydrogen (secondary N) is 1. The maximum Gasteiger partial charge on any atom is 0.178 e. The summed E-state index contributed by atoms with van der Waals surface area (Å²) in [6.45, 7) is 5.03. The largest absolute Gasteiger partial charge is 0.491 e. The van der Waals surface area contributed by atoms with E-state index in [9.17, 15) is 0 Å². The second-order valence-electron chi connectivity index (χ2n) is 4.60. The SMILES string of the molecule is CCCOc1cccc2c1[nH]c(=S)n2C(C)CSC. The highest BCUT2D eigenvalue weighted by atomic mass is 32.2. The van der Waals surface area contributed by atoms with Gasteiger partial charge in [-0.2, -0.15) is 11.8 Å². The van der Waals surface area contributed by atoms with Crippen LogP contribution in [0, 0.1) is 4.77 Å². The summed E-state index contributed by atoms with van der Waals surface area (Å²) in [6.07, 6.45) is 3.12. The molecule has 1 atom stereocenters. The molecule has 0 aliphatic rings. The van der Waals surface area contributed by atoms with Gasteiger partial charge in [0.1, 0.15) is 11.3 Å². The van der Waals surface area contributed by atoms with Crippen LogP contribution in [0.4, 0.5) is 0 Å². The van der Waals surface area contributed by atoms with Crippen molar-refractivity contribution in [3.63, 3.8) is 0 Å². The third-order valence-electron chi connectivity index (χ3n) is 3.02. The van der Waals surface area contributed by atoms with Gasteiger partial charge in [-0.1, -0.05) is 13.0 Å². The molecule has 0 saturated carbocycles. The summed E-state index contributed by atoms with van der Waals surface area (Å²) in [6, 6.07) is 6.49. The monoisotopic (exact) mass is 296 g/mol. The third-order valence-corrected chi connectivity index (χ3v) is 4.14. The second-order valence-corrected chi connectivity index (χ2v) is 5.90. The molecule has 104 valence electrons. The first-order chi connectivity index (χ1) is 9.19. The Morgan fingerprint density at radius 3 is 2.95 bits per heavy atom. The van der Waals surface area contributed by atoms with Crippen molar-refractivity contribution in [2.24, 2.45) is 0 Å². The number of hydrogen-bond acceptors (Lipinski definition) is 3. The molecular formula is C14H20N2OS2. The van der Waals surface area contributed by atoms with Gasteiger partial charge in [0.2, 0.25) is 0 Å². The van der Waals surface area contributed by atoms with Gasteiger partial charge in [-0.05, 0) is 44.0 Å². The van der Waals surface area contributed by atoms with Crippen molar-refractivity contribution < 1.29 is 4.74 Å². The molecule has 19 heavy (non-hydrogen) atoms. The highest BCUT2D eigenvalue weighted by Crippen LogP contribution is 2.28. The van der Waals surface area contributed by atoms with E-state index in [4.69, 9.17) is 17.0 Å². The molecule has 2 rings (SSSR count). The summed E-state index contributed by atoms with van der Waals surface area (Å²) >= 11 is 7.29. The Bertz CT molecular complexity index is 603. The van der Waals surface area contributed by atoms with Crippen LogP contribution in [-0.2, 0) is 0 Å². The van der Waals surface area contributed by atoms with E-state index < -0.39 is 0 Å². The zero-order valence-corrected chi connectivity index (χ0v) is 13.2. The average molecular weight is 296 g/mol. The first-order valence-electron chi connectivity index (χ1n) is 6.54. The Morgan fingerprint density at radius 2 is 2.26 bits per heavy atom. The molecule has 1 aromatic heterocycles. The van der Waals surface area contributed by atoms with Crippen molar-refractivity contribution in [2.45, 2.75) is 26.3 Å². The van der Waals surface area contributed by atoms with Gasteiger partial charge >= 0.3 is 0 Å². The Balaban J connectivity index is 2.49. The second kappa shape index (κ2) is 6.48. The van der Waals surface area contributed by atoms with Crippen molar-refractivity contribution in [2.75, 3.05) is 18.6 Å². The molecule has 0 aliphatic carbocycles. The molecule has 0 bridgehead atoms. The number of hydrogen-bond donors (Lipinski definition) is 1. The van der Waals surface area contributed by atoms with Gasteiger partial charge < -0.3 is 14.3 Å². The first kappa shape index (κ1) is 14.5. The molecule has 1 heterocycles. The van der Waals surface area contributed by atoms with Crippen molar-refractivity contribution in [1.82, 2.24) is 9.55 Å². The number of rotatable bonds is 6. The predicted molar refractivity (Wildman–Crippen MR) is 86.0 cm³/mol. The summed E-state index contributed by atoms with van der Waals surface area (Å²) in [5.74, 6) is 1.93. The Morgan fingerprint density at radius 1 is 1.47 bits per heavy atom. The van der Waals surface area contributed by atoms with Crippen LogP contribution in [0.5, 0.6) is 5.75 Å². The number of ether oxygens (including phenoxy) is 1. The molecule has 0 amide bonds. The van der Waals surface area contributed by atoms with Crippen molar-refractivity contribution in [1.29, 1.82) is 0 Å². The number of nitrogens with zero attached hydrogens (tertiary/aromatic N) is 1. The normalized spacial score (nSPS) is 12.8. The average Bonchev–Trinajstić information content (AvgIpc) is 2.73. The number of aromatic amines is 1. The number of aromatic nitrogens is 2. The fraction of sp³-hybridized carbons (Fsp3) is 0.500. The maximum atomic E-state index is 5.78. The van der Waals surface area contributed by atoms with E-state index >= 15 is 0 Å². The van der Waals surface area contributed by atoms with Gasteiger partial charge in [-0.15, -0.1) is 0 Å². The van der Waals surface area contributed by atoms with Crippen molar-refractivity contribution in [3.05, 3.63) is 23.0 Å². The van der Waals surface area contributed by atoms with Crippen molar-refractivity contribution in [3.8, 4) is 5.75 Å². The fourth-order valence-corrected chi connectivity index (χ4v) is 3.22. The van der Waals surface area contributed by atoms with E-state index in [1.165, 1.54) is 0 Å². The molecule has 0 aliphatic heterocycles. The number of imidazole rings is 1. The quantitative estimate of drug-likeness (QED) is 0.801. The van der Waals surface area contributed by atoms with Crippen LogP contribution in [0.2, 0.25) is 0 Å². The molecule has 0 fully saturated rings. The fourth-order valence-electron chi connectivity index (χ4n) is 2.21. The number of thioether (sulfide) groups is 1. The lowest BCUT2D eigenvalue weighted by Crippen LogP contribution is -2.07. The summed E-state index contributed by atoms with van der Waals surface area (Å²) < 4.78 is 8.73. The number of fused-ring (bicyclic) bond motifs is 1. The summed E-state index contributed by atoms with van der Waals surface area (Å²) in [4.78, 5) is 3.29. The molecule has 0 spiro atoms. The van der Waals surface area contributed by atoms with E-state index in [2.05, 4.69) is 35.7 Å². The van der Waals surface area contributed by atoms with Gasteiger partial charge in [0, 0.05) is 11.8 Å². The molecule has 1 aromatic carbocycles. The molecule has 1 N–H and O–H groups in total. The van der Waals surface area contributed by atoms with Gasteiger partial charge in [0.05, 0.1) is 12.1 Å². The molecule has 0 saturated heterocycles. The van der Waals surface area contributed by atoms with Crippen LogP contribution in [0.1, 0.15) is 26.3 Å². The van der Waals surface area contributed by atoms with Crippen molar-refractivity contribution >= 4 is 35.0 Å². The highest BCUT2D eigenvalue weighted by molar-refractivity contribution is 7.98. The van der Waals surface area contributed by atoms with E-state index in [0.29, 0.717) is 6.04 Å². The van der Waals surface area contributed by atoms with Gasteiger partial charge in [-0.25, -0.2) is 0 Å². The highest BCUT2D eigenvalue weighted by Gasteiger charge is 2.13. The lowest BCUT2D eigenvalue weighted by molar-refractivity contribution is 0.320. The lowest BCUT2D eigenvalue weighted by atomic mass is 10.2. The predicted octanol–water partition coefficient (Wildman–Crippen LogP) is 4.41. The molecule has 0 radical (unpaired) electrons. The van der Waals surface area contributed by atoms with Gasteiger partial charge in [0.25, 0.3) is 0 Å². The summed E-state index contributed by atoms with van der Waals surface area (Å²) in [5, 5.41) is 0. The zero-order valence-electron chi connectivity index (χ0n) is 11.6. The number of benzene rings is 1. The molecule has 3 nitrogen and oxygen atoms in total. The number of H-pyrrole nitrogens is 1. The number of para-hydroxylation sites is 1. The minimum atomic E-state index is 0.373. The minimum Gasteiger partial charge on any atom is -0.491 e. The third kappa shape index (κ3) is 2.98. The van der Waals surface area contributed by atoms with Gasteiger partial charge in [-0.3, -0.25) is 0 Å². The van der Waals surface area contributed by atoms with Crippen LogP contribution >= 0.6 is 24.0 Å². The van der Waals surface area contributed by atoms with Gasteiger partial charge in [0.15, 0.2) is 4.77 Å². The van der Waals surface area contributed by atoms with Crippen LogP contribution in [0.3, 0.4) is 0 Å². The molecule has 2 aromatic rings. The van der Waals surface area contributed by atoms with E-state index in [1.54, 1.807) is 0 Å². The van der Waals surface area contributed by atoms with Crippen LogP contribution in [0.15, 0.2) is 18.2 Å². The summed E-state index contributed by atoms with van der Waals surface area (Å²) in [5.41, 5.74) is 2.13. The standard InChI is InChI=1S/C14H20N2OS2/c1-4-8-17-12-7-5-6-11-13(12)15-14(18)16(11)10(2)9-19-3/h5-7,10H,4,8-9H2,1-3H3,(H,15,18). The van der Waals surface area contributed by atoms with E-state index in [-0.39, 0.29) is 0 Å². The first-order valence-corrected chi connectivity index (χ1v) is 8.34. The van der Waals surface area contributed by atoms with Crippen LogP contribution in [0.25, 0.3) is 11.0 Å². The Labute approximate surface area is 123 Å². The molecule has 1 unspecified atom stereocenters. The maximum absolute atomic E-state index is 5.78. The minimum absolute atomic E-state index is 0.373. The van der Waals surface area contributed by atoms with Crippen LogP contribution in [-0.4, -0.2) is 28.2 Å².